The number of hydrogen-bond donors (Lipinski definition) is 0. The number of halogens is 24. The zero-order valence-electron chi connectivity index (χ0n) is 14.5. The number of hydrogen-bond acceptors (Lipinski definition) is 0. The standard InChI is InChI=1S/C10AsF24/c12-2(13,3(14,15)5(18,19)10(31,32)33)4(16,17)6(20,21)11(34,35)1(7(22,23)24,8(25,26)27)9(28,29)30/q+1. The predicted octanol–water partition coefficient (Wildman–Crippen LogP) is 8.07. The Labute approximate surface area is 176 Å². The molecule has 0 nitrogen and oxygen atoms in total. The van der Waals surface area contributed by atoms with Crippen molar-refractivity contribution in [2.24, 2.45) is 0 Å². The Hall–Kier alpha value is -1.12. The second kappa shape index (κ2) is 7.94. The molecule has 0 bridgehead atoms. The summed E-state index contributed by atoms with van der Waals surface area (Å²) in [7, 11) is 0. The van der Waals surface area contributed by atoms with Crippen LogP contribution in [0.25, 0.3) is 0 Å². The summed E-state index contributed by atoms with van der Waals surface area (Å²) in [6, 6.07) is 0. The molecule has 35 heavy (non-hydrogen) atoms. The van der Waals surface area contributed by atoms with Crippen molar-refractivity contribution in [1.29, 1.82) is 0 Å². The summed E-state index contributed by atoms with van der Waals surface area (Å²) >= 11 is -12.3. The SMILES string of the molecule is FC(F)(F)C(F)(F)C(F)(F)C(F)(F)C(F)(F)C(F)(F)[As+](F)(F)C(C(F)(F)F)(C(F)(F)F)C(F)(F)F. The van der Waals surface area contributed by atoms with Crippen LogP contribution in [0.1, 0.15) is 0 Å². The Morgan fingerprint density at radius 3 is 0.714 bits per heavy atom. The predicted molar refractivity (Wildman–Crippen MR) is 59.6 cm³/mol. The molecule has 0 amide bonds. The van der Waals surface area contributed by atoms with E-state index in [0.29, 0.717) is 0 Å². The Balaban J connectivity index is 7.67. The summed E-state index contributed by atoms with van der Waals surface area (Å²) in [6.45, 7) is 0. The van der Waals surface area contributed by atoms with E-state index in [2.05, 4.69) is 0 Å². The monoisotopic (exact) mass is 651 g/mol. The van der Waals surface area contributed by atoms with Gasteiger partial charge in [0.2, 0.25) is 0 Å². The van der Waals surface area contributed by atoms with Gasteiger partial charge in [-0.3, -0.25) is 0 Å². The maximum atomic E-state index is 13.7. The first kappa shape index (κ1) is 33.9. The molecule has 0 aliphatic heterocycles. The number of alkyl halides is 22. The molecule has 0 aliphatic carbocycles. The molecule has 0 rings (SSSR count). The van der Waals surface area contributed by atoms with Gasteiger partial charge in [0.25, 0.3) is 0 Å². The van der Waals surface area contributed by atoms with Crippen LogP contribution in [0.3, 0.4) is 0 Å². The van der Waals surface area contributed by atoms with Gasteiger partial charge < -0.3 is 0 Å². The van der Waals surface area contributed by atoms with E-state index in [4.69, 9.17) is 0 Å². The van der Waals surface area contributed by atoms with Crippen molar-refractivity contribution < 1.29 is 104 Å². The maximum absolute atomic E-state index is 13.7. The van der Waals surface area contributed by atoms with Crippen molar-refractivity contribution in [3.8, 4) is 0 Å². The van der Waals surface area contributed by atoms with Gasteiger partial charge in [-0.2, -0.15) is 0 Å². The van der Waals surface area contributed by atoms with Gasteiger partial charge in [0.15, 0.2) is 0 Å². The first-order valence-corrected chi connectivity index (χ1v) is 10.2. The fourth-order valence-corrected chi connectivity index (χ4v) is 6.03. The van der Waals surface area contributed by atoms with E-state index < -0.39 is 71.8 Å². The summed E-state index contributed by atoms with van der Waals surface area (Å²) < 4.78 is 289. The van der Waals surface area contributed by atoms with Crippen molar-refractivity contribution in [2.75, 3.05) is 0 Å². The van der Waals surface area contributed by atoms with Crippen molar-refractivity contribution in [2.45, 2.75) is 57.3 Å². The average Bonchev–Trinajstić information content (AvgIpc) is 2.48. The first-order chi connectivity index (χ1) is 14.5. The number of rotatable bonds is 6. The van der Waals surface area contributed by atoms with Gasteiger partial charge in [0.05, 0.1) is 0 Å². The fourth-order valence-electron chi connectivity index (χ4n) is 2.11. The van der Waals surface area contributed by atoms with Crippen LogP contribution >= 0.6 is 0 Å². The molecule has 0 aromatic carbocycles. The van der Waals surface area contributed by atoms with Crippen LogP contribution in [-0.2, 0) is 0 Å². The van der Waals surface area contributed by atoms with Crippen molar-refractivity contribution in [3.05, 3.63) is 0 Å². The minimum atomic E-state index is -12.3. The quantitative estimate of drug-likeness (QED) is 0.202. The molecule has 0 aromatic rings. The molecule has 0 unspecified atom stereocenters. The first-order valence-electron chi connectivity index (χ1n) is 6.94. The fraction of sp³-hybridized carbons (Fsp3) is 1.00. The third kappa shape index (κ3) is 3.97. The summed E-state index contributed by atoms with van der Waals surface area (Å²) in [6.07, 6.45) is -34.8. The van der Waals surface area contributed by atoms with Crippen LogP contribution in [0.15, 0.2) is 0 Å². The van der Waals surface area contributed by atoms with E-state index in [-0.39, 0.29) is 0 Å². The van der Waals surface area contributed by atoms with Gasteiger partial charge in [-0.25, -0.2) is 0 Å². The molecule has 0 spiro atoms. The topological polar surface area (TPSA) is 0 Å². The van der Waals surface area contributed by atoms with E-state index in [1.165, 1.54) is 0 Å². The Morgan fingerprint density at radius 1 is 0.286 bits per heavy atom. The van der Waals surface area contributed by atoms with Gasteiger partial charge in [-0.15, -0.1) is 0 Å². The van der Waals surface area contributed by atoms with Crippen LogP contribution in [0.5, 0.6) is 0 Å². The molecule has 0 saturated heterocycles. The van der Waals surface area contributed by atoms with Crippen molar-refractivity contribution in [3.63, 3.8) is 0 Å². The Morgan fingerprint density at radius 2 is 0.514 bits per heavy atom. The summed E-state index contributed by atoms with van der Waals surface area (Å²) in [4.78, 5) is 0. The van der Waals surface area contributed by atoms with E-state index in [1.54, 1.807) is 0 Å². The van der Waals surface area contributed by atoms with Crippen molar-refractivity contribution in [1.82, 2.24) is 0 Å². The molecule has 0 aliphatic rings. The van der Waals surface area contributed by atoms with Crippen molar-refractivity contribution >= 4 is 14.5 Å². The molecule has 212 valence electrons. The second-order valence-electron chi connectivity index (χ2n) is 6.05. The van der Waals surface area contributed by atoms with Crippen LogP contribution in [0.2, 0.25) is 4.20 Å². The summed E-state index contributed by atoms with van der Waals surface area (Å²) in [5.41, 5.74) is 0. The molecular weight excluding hydrogens is 651 g/mol. The van der Waals surface area contributed by atoms with Gasteiger partial charge >= 0.3 is 175 Å². The molecule has 0 atom stereocenters. The molecular formula is C10AsF24+. The minimum absolute atomic E-state index is 8.15. The normalized spacial score (nSPS) is 17.1. The summed E-state index contributed by atoms with van der Waals surface area (Å²) in [5, 5.41) is 0. The zero-order valence-corrected chi connectivity index (χ0v) is 16.4. The molecule has 0 fully saturated rings. The molecule has 0 N–H and O–H groups in total. The molecule has 0 saturated carbocycles. The van der Waals surface area contributed by atoms with Crippen LogP contribution in [0.4, 0.5) is 104 Å². The van der Waals surface area contributed by atoms with Gasteiger partial charge in [0, 0.05) is 0 Å². The summed E-state index contributed by atoms with van der Waals surface area (Å²) in [5.74, 6) is -36.6. The third-order valence-corrected chi connectivity index (χ3v) is 9.35. The zero-order chi connectivity index (χ0) is 29.5. The van der Waals surface area contributed by atoms with Gasteiger partial charge in [0.1, 0.15) is 0 Å². The molecule has 25 heteroatoms. The third-order valence-electron chi connectivity index (χ3n) is 3.92. The Kier molecular flexibility index (Phi) is 7.68. The molecule has 0 aromatic heterocycles. The van der Waals surface area contributed by atoms with Gasteiger partial charge in [-0.05, 0) is 0 Å². The average molecular weight is 651 g/mol. The van der Waals surface area contributed by atoms with E-state index in [1.807, 2.05) is 0 Å². The van der Waals surface area contributed by atoms with E-state index in [9.17, 15) is 104 Å². The van der Waals surface area contributed by atoms with Crippen LogP contribution in [0, 0.1) is 0 Å². The van der Waals surface area contributed by atoms with E-state index in [0.717, 1.165) is 0 Å². The van der Waals surface area contributed by atoms with E-state index >= 15 is 0 Å². The molecule has 0 heterocycles. The second-order valence-corrected chi connectivity index (χ2v) is 10.8. The van der Waals surface area contributed by atoms with Gasteiger partial charge in [-0.1, -0.05) is 0 Å². The Bertz CT molecular complexity index is 734. The molecule has 0 radical (unpaired) electrons. The van der Waals surface area contributed by atoms with Crippen LogP contribution in [-0.4, -0.2) is 67.6 Å². The van der Waals surface area contributed by atoms with Crippen LogP contribution < -0.4 is 0 Å².